The van der Waals surface area contributed by atoms with E-state index in [9.17, 15) is 10.1 Å². The number of nitrogens with one attached hydrogen (secondary N) is 2. The first-order chi connectivity index (χ1) is 13.1. The van der Waals surface area contributed by atoms with Gasteiger partial charge in [0.15, 0.2) is 0 Å². The predicted molar refractivity (Wildman–Crippen MR) is 111 cm³/mol. The van der Waals surface area contributed by atoms with Gasteiger partial charge in [0.05, 0.1) is 11.7 Å². The van der Waals surface area contributed by atoms with E-state index in [4.69, 9.17) is 0 Å². The number of hydrogen-bond donors (Lipinski definition) is 2. The number of carbonyl (C=O) groups is 1. The molecule has 0 fully saturated rings. The van der Waals surface area contributed by atoms with Crippen molar-refractivity contribution < 1.29 is 4.79 Å². The number of nitriles is 1. The first-order valence-electron chi connectivity index (χ1n) is 9.12. The Morgan fingerprint density at radius 1 is 1.19 bits per heavy atom. The highest BCUT2D eigenvalue weighted by atomic mass is 79.9. The Hall–Kier alpha value is -2.58. The molecule has 1 aliphatic carbocycles. The summed E-state index contributed by atoms with van der Waals surface area (Å²) in [6.07, 6.45) is 6.15. The topological polar surface area (TPSA) is 64.9 Å². The third kappa shape index (κ3) is 4.78. The van der Waals surface area contributed by atoms with Gasteiger partial charge >= 0.3 is 0 Å². The lowest BCUT2D eigenvalue weighted by Crippen LogP contribution is -2.28. The molecule has 0 saturated heterocycles. The van der Waals surface area contributed by atoms with Gasteiger partial charge in [0.2, 0.25) is 0 Å². The zero-order chi connectivity index (χ0) is 19.2. The Labute approximate surface area is 168 Å². The number of benzene rings is 2. The van der Waals surface area contributed by atoms with Gasteiger partial charge in [0.25, 0.3) is 5.91 Å². The molecule has 0 bridgehead atoms. The number of carbonyl (C=O) groups excluding carboxylic acids is 1. The largest absolute Gasteiger partial charge is 0.359 e. The Morgan fingerprint density at radius 2 is 1.93 bits per heavy atom. The monoisotopic (exact) mass is 423 g/mol. The van der Waals surface area contributed by atoms with Gasteiger partial charge in [0.1, 0.15) is 11.6 Å². The highest BCUT2D eigenvalue weighted by Crippen LogP contribution is 2.25. The average molecular weight is 424 g/mol. The summed E-state index contributed by atoms with van der Waals surface area (Å²) in [6, 6.07) is 15.8. The molecule has 1 aliphatic rings. The van der Waals surface area contributed by atoms with Gasteiger partial charge in [-0.15, -0.1) is 0 Å². The van der Waals surface area contributed by atoms with E-state index in [1.807, 2.05) is 37.3 Å². The maximum absolute atomic E-state index is 12.5. The second-order valence-electron chi connectivity index (χ2n) is 6.72. The zero-order valence-electron chi connectivity index (χ0n) is 15.3. The fourth-order valence-corrected chi connectivity index (χ4v) is 3.66. The number of anilines is 1. The lowest BCUT2D eigenvalue weighted by molar-refractivity contribution is -0.117. The van der Waals surface area contributed by atoms with Crippen LogP contribution >= 0.6 is 15.9 Å². The fraction of sp³-hybridized carbons (Fsp3) is 0.273. The average Bonchev–Trinajstić information content (AvgIpc) is 2.69. The third-order valence-corrected chi connectivity index (χ3v) is 5.52. The summed E-state index contributed by atoms with van der Waals surface area (Å²) in [5.41, 5.74) is 4.70. The van der Waals surface area contributed by atoms with Crippen molar-refractivity contribution in [1.82, 2.24) is 5.32 Å². The van der Waals surface area contributed by atoms with Gasteiger partial charge in [-0.3, -0.25) is 4.79 Å². The van der Waals surface area contributed by atoms with Crippen LogP contribution in [-0.4, -0.2) is 5.91 Å². The van der Waals surface area contributed by atoms with Gasteiger partial charge < -0.3 is 10.6 Å². The molecule has 1 atom stereocenters. The van der Waals surface area contributed by atoms with Crippen LogP contribution < -0.4 is 10.6 Å². The second kappa shape index (κ2) is 8.88. The maximum Gasteiger partial charge on any atom is 0.263 e. The lowest BCUT2D eigenvalue weighted by atomic mass is 9.89. The van der Waals surface area contributed by atoms with Crippen LogP contribution in [-0.2, 0) is 17.6 Å². The highest BCUT2D eigenvalue weighted by Gasteiger charge is 2.16. The van der Waals surface area contributed by atoms with E-state index >= 15 is 0 Å². The van der Waals surface area contributed by atoms with Crippen LogP contribution in [0.5, 0.6) is 0 Å². The molecule has 138 valence electrons. The SMILES string of the molecule is CC(NC(=O)/C(C#N)=C\Nc1ccccc1Br)c1ccc2c(c1)CCCC2. The van der Waals surface area contributed by atoms with Crippen LogP contribution in [0.4, 0.5) is 5.69 Å². The van der Waals surface area contributed by atoms with Crippen molar-refractivity contribution >= 4 is 27.5 Å². The van der Waals surface area contributed by atoms with Crippen molar-refractivity contribution in [2.45, 2.75) is 38.6 Å². The van der Waals surface area contributed by atoms with Crippen molar-refractivity contribution in [2.75, 3.05) is 5.32 Å². The van der Waals surface area contributed by atoms with Crippen molar-refractivity contribution in [3.63, 3.8) is 0 Å². The van der Waals surface area contributed by atoms with Gasteiger partial charge in [0, 0.05) is 10.7 Å². The molecule has 0 heterocycles. The Kier molecular flexibility index (Phi) is 6.31. The second-order valence-corrected chi connectivity index (χ2v) is 7.58. The molecule has 1 amide bonds. The summed E-state index contributed by atoms with van der Waals surface area (Å²) >= 11 is 3.43. The van der Waals surface area contributed by atoms with Gasteiger partial charge in [-0.25, -0.2) is 0 Å². The minimum Gasteiger partial charge on any atom is -0.359 e. The predicted octanol–water partition coefficient (Wildman–Crippen LogP) is 5.02. The van der Waals surface area contributed by atoms with E-state index in [-0.39, 0.29) is 17.5 Å². The normalized spacial score (nSPS) is 14.6. The van der Waals surface area contributed by atoms with Crippen LogP contribution in [0.15, 0.2) is 58.7 Å². The van der Waals surface area contributed by atoms with E-state index in [2.05, 4.69) is 44.8 Å². The standard InChI is InChI=1S/C22H22BrN3O/c1-15(17-11-10-16-6-2-3-7-18(16)12-17)26-22(27)19(13-24)14-25-21-9-5-4-8-20(21)23/h4-5,8-12,14-15,25H,2-3,6-7H2,1H3,(H,26,27)/b19-14-. The first-order valence-corrected chi connectivity index (χ1v) is 9.91. The molecular weight excluding hydrogens is 402 g/mol. The Balaban J connectivity index is 1.68. The maximum atomic E-state index is 12.5. The number of halogens is 1. The van der Waals surface area contributed by atoms with E-state index in [1.165, 1.54) is 30.2 Å². The molecule has 0 aromatic heterocycles. The number of hydrogen-bond acceptors (Lipinski definition) is 3. The fourth-order valence-electron chi connectivity index (χ4n) is 3.26. The zero-order valence-corrected chi connectivity index (χ0v) is 16.8. The number of amides is 1. The molecule has 2 aromatic rings. The van der Waals surface area contributed by atoms with Gasteiger partial charge in [-0.05, 0) is 77.4 Å². The van der Waals surface area contributed by atoms with Crippen LogP contribution in [0, 0.1) is 11.3 Å². The molecule has 0 aliphatic heterocycles. The molecular formula is C22H22BrN3O. The molecule has 2 aromatic carbocycles. The van der Waals surface area contributed by atoms with E-state index < -0.39 is 0 Å². The number of fused-ring (bicyclic) bond motifs is 1. The minimum absolute atomic E-state index is 0.0376. The van der Waals surface area contributed by atoms with E-state index in [0.717, 1.165) is 28.6 Å². The summed E-state index contributed by atoms with van der Waals surface area (Å²) in [7, 11) is 0. The molecule has 2 N–H and O–H groups in total. The summed E-state index contributed by atoms with van der Waals surface area (Å²) in [5.74, 6) is -0.387. The van der Waals surface area contributed by atoms with E-state index in [1.54, 1.807) is 0 Å². The first kappa shape index (κ1) is 19.2. The van der Waals surface area contributed by atoms with Crippen LogP contribution in [0.1, 0.15) is 42.5 Å². The minimum atomic E-state index is -0.387. The smallest absolute Gasteiger partial charge is 0.263 e. The number of aryl methyl sites for hydroxylation is 2. The third-order valence-electron chi connectivity index (χ3n) is 4.83. The van der Waals surface area contributed by atoms with Crippen LogP contribution in [0.3, 0.4) is 0 Å². The summed E-state index contributed by atoms with van der Waals surface area (Å²) in [4.78, 5) is 12.5. The molecule has 0 spiro atoms. The highest BCUT2D eigenvalue weighted by molar-refractivity contribution is 9.10. The summed E-state index contributed by atoms with van der Waals surface area (Å²) in [6.45, 7) is 1.94. The lowest BCUT2D eigenvalue weighted by Gasteiger charge is -2.20. The summed E-state index contributed by atoms with van der Waals surface area (Å²) < 4.78 is 0.862. The van der Waals surface area contributed by atoms with Crippen molar-refractivity contribution in [3.8, 4) is 6.07 Å². The molecule has 3 rings (SSSR count). The number of rotatable bonds is 5. The molecule has 4 nitrogen and oxygen atoms in total. The Bertz CT molecular complexity index is 914. The molecule has 0 saturated carbocycles. The van der Waals surface area contributed by atoms with Crippen molar-refractivity contribution in [3.05, 3.63) is 75.4 Å². The molecule has 5 heteroatoms. The van der Waals surface area contributed by atoms with Crippen LogP contribution in [0.2, 0.25) is 0 Å². The summed E-state index contributed by atoms with van der Waals surface area (Å²) in [5, 5.41) is 15.3. The Morgan fingerprint density at radius 3 is 2.67 bits per heavy atom. The van der Waals surface area contributed by atoms with Crippen LogP contribution in [0.25, 0.3) is 0 Å². The quantitative estimate of drug-likeness (QED) is 0.523. The molecule has 0 radical (unpaired) electrons. The number of nitrogens with zero attached hydrogens (tertiary/aromatic N) is 1. The van der Waals surface area contributed by atoms with Gasteiger partial charge in [-0.2, -0.15) is 5.26 Å². The van der Waals surface area contributed by atoms with E-state index in [0.29, 0.717) is 0 Å². The number of para-hydroxylation sites is 1. The van der Waals surface area contributed by atoms with Crippen molar-refractivity contribution in [2.24, 2.45) is 0 Å². The molecule has 1 unspecified atom stereocenters. The van der Waals surface area contributed by atoms with Gasteiger partial charge in [-0.1, -0.05) is 30.3 Å². The molecule has 27 heavy (non-hydrogen) atoms. The van der Waals surface area contributed by atoms with Crippen molar-refractivity contribution in [1.29, 1.82) is 5.26 Å².